The summed E-state index contributed by atoms with van der Waals surface area (Å²) in [6.45, 7) is 3.73. The van der Waals surface area contributed by atoms with Crippen LogP contribution in [0.2, 0.25) is 5.02 Å². The van der Waals surface area contributed by atoms with Gasteiger partial charge in [-0.1, -0.05) is 17.7 Å². The van der Waals surface area contributed by atoms with Gasteiger partial charge < -0.3 is 10.1 Å². The number of aryl methyl sites for hydroxylation is 1. The van der Waals surface area contributed by atoms with Gasteiger partial charge in [-0.2, -0.15) is 5.10 Å². The number of rotatable bonds is 4. The Kier molecular flexibility index (Phi) is 4.72. The summed E-state index contributed by atoms with van der Waals surface area (Å²) < 4.78 is 6.73. The van der Waals surface area contributed by atoms with Crippen LogP contribution < -0.4 is 10.1 Å². The molecule has 128 valence electrons. The molecule has 2 aromatic heterocycles. The Labute approximate surface area is 150 Å². The number of pyridine rings is 1. The predicted molar refractivity (Wildman–Crippen MR) is 96.8 cm³/mol. The summed E-state index contributed by atoms with van der Waals surface area (Å²) in [5.41, 5.74) is 3.45. The fourth-order valence-corrected chi connectivity index (χ4v) is 2.55. The second kappa shape index (κ2) is 6.94. The Morgan fingerprint density at radius 3 is 2.64 bits per heavy atom. The number of carbonyl (C=O) groups is 1. The minimum atomic E-state index is -0.235. The highest BCUT2D eigenvalue weighted by molar-refractivity contribution is 6.31. The number of methoxy groups -OCH3 is 1. The van der Waals surface area contributed by atoms with Crippen molar-refractivity contribution in [2.45, 2.75) is 13.8 Å². The van der Waals surface area contributed by atoms with E-state index in [0.29, 0.717) is 22.2 Å². The Morgan fingerprint density at radius 1 is 1.24 bits per heavy atom. The smallest absolute Gasteiger partial charge is 0.255 e. The molecule has 3 aromatic rings. The highest BCUT2D eigenvalue weighted by Gasteiger charge is 2.13. The van der Waals surface area contributed by atoms with Crippen LogP contribution in [0.4, 0.5) is 5.69 Å². The van der Waals surface area contributed by atoms with Crippen molar-refractivity contribution < 1.29 is 9.53 Å². The molecule has 6 nitrogen and oxygen atoms in total. The van der Waals surface area contributed by atoms with Gasteiger partial charge in [-0.05, 0) is 38.1 Å². The highest BCUT2D eigenvalue weighted by atomic mass is 35.5. The molecule has 0 bridgehead atoms. The first-order valence-electron chi connectivity index (χ1n) is 7.63. The van der Waals surface area contributed by atoms with Crippen LogP contribution in [-0.2, 0) is 0 Å². The van der Waals surface area contributed by atoms with Crippen LogP contribution in [0, 0.1) is 13.8 Å². The van der Waals surface area contributed by atoms with Crippen molar-refractivity contribution in [1.82, 2.24) is 14.8 Å². The van der Waals surface area contributed by atoms with E-state index in [0.717, 1.165) is 17.1 Å². The molecule has 0 fully saturated rings. The molecular weight excluding hydrogens is 340 g/mol. The standard InChI is InChI=1S/C18H17ClN4O2/c1-11-17(19)12(2)23(22-11)15-6-4-5-13(9-15)18(24)21-14-7-8-16(25-3)20-10-14/h4-10H,1-3H3,(H,21,24). The molecular formula is C18H17ClN4O2. The quantitative estimate of drug-likeness (QED) is 0.772. The van der Waals surface area contributed by atoms with Gasteiger partial charge in [-0.15, -0.1) is 0 Å². The summed E-state index contributed by atoms with van der Waals surface area (Å²) in [5, 5.41) is 7.84. The molecule has 0 atom stereocenters. The summed E-state index contributed by atoms with van der Waals surface area (Å²) >= 11 is 6.20. The molecule has 0 spiro atoms. The van der Waals surface area contributed by atoms with Crippen molar-refractivity contribution >= 4 is 23.2 Å². The number of nitrogens with one attached hydrogen (secondary N) is 1. The molecule has 7 heteroatoms. The zero-order chi connectivity index (χ0) is 18.0. The van der Waals surface area contributed by atoms with E-state index in [-0.39, 0.29) is 5.91 Å². The van der Waals surface area contributed by atoms with Crippen LogP contribution in [0.3, 0.4) is 0 Å². The Bertz CT molecular complexity index is 919. The van der Waals surface area contributed by atoms with Crippen molar-refractivity contribution in [2.75, 3.05) is 12.4 Å². The lowest BCUT2D eigenvalue weighted by molar-refractivity contribution is 0.102. The summed E-state index contributed by atoms with van der Waals surface area (Å²) in [6.07, 6.45) is 1.54. The summed E-state index contributed by atoms with van der Waals surface area (Å²) in [4.78, 5) is 16.6. The van der Waals surface area contributed by atoms with Crippen molar-refractivity contribution in [2.24, 2.45) is 0 Å². The lowest BCUT2D eigenvalue weighted by Crippen LogP contribution is -2.13. The monoisotopic (exact) mass is 356 g/mol. The van der Waals surface area contributed by atoms with E-state index in [1.54, 1.807) is 41.2 Å². The number of amides is 1. The van der Waals surface area contributed by atoms with Crippen LogP contribution in [0.25, 0.3) is 5.69 Å². The van der Waals surface area contributed by atoms with Crippen LogP contribution in [0.5, 0.6) is 5.88 Å². The van der Waals surface area contributed by atoms with Crippen LogP contribution >= 0.6 is 11.6 Å². The second-order valence-electron chi connectivity index (χ2n) is 5.49. The molecule has 0 saturated heterocycles. The average molecular weight is 357 g/mol. The first-order valence-corrected chi connectivity index (χ1v) is 8.01. The van der Waals surface area contributed by atoms with E-state index in [2.05, 4.69) is 15.4 Å². The molecule has 3 rings (SSSR count). The van der Waals surface area contributed by atoms with E-state index < -0.39 is 0 Å². The molecule has 2 heterocycles. The van der Waals surface area contributed by atoms with E-state index in [1.165, 1.54) is 7.11 Å². The van der Waals surface area contributed by atoms with Crippen molar-refractivity contribution in [1.29, 1.82) is 0 Å². The number of halogens is 1. The largest absolute Gasteiger partial charge is 0.481 e. The van der Waals surface area contributed by atoms with E-state index >= 15 is 0 Å². The number of hydrogen-bond acceptors (Lipinski definition) is 4. The maximum atomic E-state index is 12.5. The van der Waals surface area contributed by atoms with Crippen LogP contribution in [0.1, 0.15) is 21.7 Å². The van der Waals surface area contributed by atoms with Crippen molar-refractivity contribution in [3.63, 3.8) is 0 Å². The van der Waals surface area contributed by atoms with E-state index in [4.69, 9.17) is 16.3 Å². The molecule has 1 N–H and O–H groups in total. The third-order valence-electron chi connectivity index (χ3n) is 3.76. The van der Waals surface area contributed by atoms with Gasteiger partial charge in [0.15, 0.2) is 0 Å². The Balaban J connectivity index is 1.85. The van der Waals surface area contributed by atoms with Gasteiger partial charge in [0, 0.05) is 11.6 Å². The molecule has 0 radical (unpaired) electrons. The van der Waals surface area contributed by atoms with Crippen LogP contribution in [-0.4, -0.2) is 27.8 Å². The summed E-state index contributed by atoms with van der Waals surface area (Å²) in [7, 11) is 1.54. The lowest BCUT2D eigenvalue weighted by atomic mass is 10.2. The molecule has 25 heavy (non-hydrogen) atoms. The Hall–Kier alpha value is -2.86. The highest BCUT2D eigenvalue weighted by Crippen LogP contribution is 2.23. The number of hydrogen-bond donors (Lipinski definition) is 1. The molecule has 1 aromatic carbocycles. The number of ether oxygens (including phenoxy) is 1. The van der Waals surface area contributed by atoms with E-state index in [1.807, 2.05) is 19.9 Å². The first-order chi connectivity index (χ1) is 12.0. The molecule has 0 aliphatic heterocycles. The predicted octanol–water partition coefficient (Wildman–Crippen LogP) is 3.80. The molecule has 1 amide bonds. The van der Waals surface area contributed by atoms with E-state index in [9.17, 15) is 4.79 Å². The minimum Gasteiger partial charge on any atom is -0.481 e. The van der Waals surface area contributed by atoms with Gasteiger partial charge in [-0.3, -0.25) is 4.79 Å². The number of anilines is 1. The average Bonchev–Trinajstić information content (AvgIpc) is 2.90. The molecule has 0 aliphatic rings. The normalized spacial score (nSPS) is 10.6. The van der Waals surface area contributed by atoms with Gasteiger partial charge in [0.1, 0.15) is 0 Å². The van der Waals surface area contributed by atoms with Crippen molar-refractivity contribution in [3.05, 3.63) is 64.6 Å². The molecule has 0 saturated carbocycles. The molecule has 0 unspecified atom stereocenters. The summed E-state index contributed by atoms with van der Waals surface area (Å²) in [6, 6.07) is 10.6. The zero-order valence-corrected chi connectivity index (χ0v) is 14.8. The second-order valence-corrected chi connectivity index (χ2v) is 5.87. The third-order valence-corrected chi connectivity index (χ3v) is 4.31. The topological polar surface area (TPSA) is 69.0 Å². The molecule has 0 aliphatic carbocycles. The lowest BCUT2D eigenvalue weighted by Gasteiger charge is -2.08. The number of carbonyl (C=O) groups excluding carboxylic acids is 1. The number of benzene rings is 1. The summed E-state index contributed by atoms with van der Waals surface area (Å²) in [5.74, 6) is 0.253. The maximum absolute atomic E-state index is 12.5. The minimum absolute atomic E-state index is 0.235. The van der Waals surface area contributed by atoms with Gasteiger partial charge in [0.05, 0.1) is 41.1 Å². The SMILES string of the molecule is COc1ccc(NC(=O)c2cccc(-n3nc(C)c(Cl)c3C)c2)cn1. The fraction of sp³-hybridized carbons (Fsp3) is 0.167. The zero-order valence-electron chi connectivity index (χ0n) is 14.1. The third kappa shape index (κ3) is 3.49. The number of aromatic nitrogens is 3. The van der Waals surface area contributed by atoms with Crippen LogP contribution in [0.15, 0.2) is 42.6 Å². The fourth-order valence-electron chi connectivity index (χ4n) is 2.43. The first kappa shape index (κ1) is 17.0. The van der Waals surface area contributed by atoms with Gasteiger partial charge >= 0.3 is 0 Å². The van der Waals surface area contributed by atoms with Gasteiger partial charge in [0.2, 0.25) is 5.88 Å². The maximum Gasteiger partial charge on any atom is 0.255 e. The van der Waals surface area contributed by atoms with Crippen molar-refractivity contribution in [3.8, 4) is 11.6 Å². The van der Waals surface area contributed by atoms with Gasteiger partial charge in [-0.25, -0.2) is 9.67 Å². The number of nitrogens with zero attached hydrogens (tertiary/aromatic N) is 3. The van der Waals surface area contributed by atoms with Gasteiger partial charge in [0.25, 0.3) is 5.91 Å². The Morgan fingerprint density at radius 2 is 2.04 bits per heavy atom.